The van der Waals surface area contributed by atoms with Crippen LogP contribution in [0.25, 0.3) is 0 Å². The summed E-state index contributed by atoms with van der Waals surface area (Å²) in [6, 6.07) is 0. The van der Waals surface area contributed by atoms with Crippen LogP contribution in [-0.4, -0.2) is 35.9 Å². The van der Waals surface area contributed by atoms with Crippen LogP contribution in [0.2, 0.25) is 0 Å². The zero-order valence-electron chi connectivity index (χ0n) is 7.94. The van der Waals surface area contributed by atoms with Gasteiger partial charge in [-0.05, 0) is 13.0 Å². The quantitative estimate of drug-likeness (QED) is 0.639. The van der Waals surface area contributed by atoms with Gasteiger partial charge in [0.1, 0.15) is 0 Å². The number of rotatable bonds is 3. The van der Waals surface area contributed by atoms with E-state index in [1.165, 1.54) is 4.13 Å². The van der Waals surface area contributed by atoms with Crippen LogP contribution in [0.1, 0.15) is 13.3 Å². The van der Waals surface area contributed by atoms with Gasteiger partial charge in [0.25, 0.3) is 0 Å². The second-order valence-corrected chi connectivity index (χ2v) is 6.17. The second-order valence-electron chi connectivity index (χ2n) is 2.42. The summed E-state index contributed by atoms with van der Waals surface area (Å²) >= 11 is 0. The van der Waals surface area contributed by atoms with Crippen LogP contribution >= 0.6 is 0 Å². The molecule has 0 saturated heterocycles. The van der Waals surface area contributed by atoms with E-state index in [1.54, 1.807) is 0 Å². The van der Waals surface area contributed by atoms with Crippen molar-refractivity contribution in [3.63, 3.8) is 0 Å². The van der Waals surface area contributed by atoms with Crippen molar-refractivity contribution in [2.24, 2.45) is 5.73 Å². The summed E-state index contributed by atoms with van der Waals surface area (Å²) < 4.78 is 42.0. The number of sulfonamides is 2. The van der Waals surface area contributed by atoms with E-state index in [1.807, 2.05) is 0 Å². The lowest BCUT2D eigenvalue weighted by atomic mass is 10.5. The number of hydrogen-bond donors (Lipinski definition) is 2. The lowest BCUT2D eigenvalue weighted by Gasteiger charge is -1.94. The van der Waals surface area contributed by atoms with Gasteiger partial charge in [-0.3, -0.25) is 0 Å². The van der Waals surface area contributed by atoms with E-state index >= 15 is 0 Å². The Bertz CT molecular complexity index is 273. The summed E-state index contributed by atoms with van der Waals surface area (Å²) in [4.78, 5) is 0. The second kappa shape index (κ2) is 6.30. The first kappa shape index (κ1) is 15.3. The molecule has 0 heterocycles. The molecule has 0 aliphatic heterocycles. The Morgan fingerprint density at radius 2 is 1.31 bits per heavy atom. The van der Waals surface area contributed by atoms with Crippen LogP contribution in [0.15, 0.2) is 0 Å². The summed E-state index contributed by atoms with van der Waals surface area (Å²) in [6.45, 7) is 2.88. The predicted octanol–water partition coefficient (Wildman–Crippen LogP) is -1.15. The van der Waals surface area contributed by atoms with Crippen LogP contribution in [0.4, 0.5) is 0 Å². The normalized spacial score (nSPS) is 11.7. The highest BCUT2D eigenvalue weighted by atomic mass is 32.3. The molecule has 0 spiro atoms. The monoisotopic (exact) mass is 232 g/mol. The smallest absolute Gasteiger partial charge is 0.221 e. The molecule has 0 aromatic carbocycles. The molecule has 3 N–H and O–H groups in total. The molecule has 0 fully saturated rings. The zero-order valence-corrected chi connectivity index (χ0v) is 9.57. The average molecular weight is 232 g/mol. The highest BCUT2D eigenvalue weighted by Crippen LogP contribution is 1.78. The topological polar surface area (TPSA) is 106 Å². The fourth-order valence-corrected chi connectivity index (χ4v) is 2.47. The Labute approximate surface area is 79.6 Å². The van der Waals surface area contributed by atoms with Crippen molar-refractivity contribution < 1.29 is 16.8 Å². The van der Waals surface area contributed by atoms with Crippen molar-refractivity contribution in [3.05, 3.63) is 0 Å². The summed E-state index contributed by atoms with van der Waals surface area (Å²) in [7, 11) is -7.24. The molecule has 0 rings (SSSR count). The van der Waals surface area contributed by atoms with Gasteiger partial charge in [0, 0.05) is 0 Å². The maximum atomic E-state index is 10.2. The van der Waals surface area contributed by atoms with E-state index in [-0.39, 0.29) is 0 Å². The maximum Gasteiger partial charge on any atom is 0.221 e. The Balaban J connectivity index is 0. The molecule has 0 amide bonds. The highest BCUT2D eigenvalue weighted by Gasteiger charge is 2.08. The van der Waals surface area contributed by atoms with Crippen LogP contribution in [0.5, 0.6) is 0 Å². The molecule has 0 aromatic heterocycles. The van der Waals surface area contributed by atoms with Crippen LogP contribution < -0.4 is 9.86 Å². The van der Waals surface area contributed by atoms with Crippen molar-refractivity contribution in [3.8, 4) is 0 Å². The third-order valence-corrected chi connectivity index (χ3v) is 3.01. The van der Waals surface area contributed by atoms with Crippen LogP contribution in [0, 0.1) is 0 Å². The van der Waals surface area contributed by atoms with Gasteiger partial charge >= 0.3 is 0 Å². The van der Waals surface area contributed by atoms with Crippen molar-refractivity contribution >= 4 is 20.0 Å². The van der Waals surface area contributed by atoms with E-state index in [9.17, 15) is 16.8 Å². The molecule has 0 aliphatic rings. The average Bonchev–Trinajstić information content (AvgIpc) is 1.80. The SMILES string of the molecule is CCCN.CS(=O)(=O)NS(C)(=O)=O. The van der Waals surface area contributed by atoms with Gasteiger partial charge in [0.05, 0.1) is 12.5 Å². The fourth-order valence-electron chi connectivity index (χ4n) is 0.275. The molecule has 13 heavy (non-hydrogen) atoms. The first-order chi connectivity index (χ1) is 5.62. The van der Waals surface area contributed by atoms with Crippen molar-refractivity contribution in [1.29, 1.82) is 0 Å². The number of nitrogens with two attached hydrogens (primary N) is 1. The fraction of sp³-hybridized carbons (Fsp3) is 1.00. The third-order valence-electron chi connectivity index (χ3n) is 0.591. The van der Waals surface area contributed by atoms with Gasteiger partial charge in [-0.25, -0.2) is 16.8 Å². The summed E-state index contributed by atoms with van der Waals surface area (Å²) in [5, 5.41) is 0. The van der Waals surface area contributed by atoms with E-state index in [0.29, 0.717) is 0 Å². The Morgan fingerprint density at radius 3 is 1.31 bits per heavy atom. The minimum Gasteiger partial charge on any atom is -0.330 e. The molecule has 0 radical (unpaired) electrons. The minimum absolute atomic E-state index is 0.772. The Kier molecular flexibility index (Phi) is 7.41. The van der Waals surface area contributed by atoms with Gasteiger partial charge in [0.15, 0.2) is 0 Å². The molecule has 0 aliphatic carbocycles. The van der Waals surface area contributed by atoms with E-state index in [2.05, 4.69) is 6.92 Å². The summed E-state index contributed by atoms with van der Waals surface area (Å²) in [5.74, 6) is 0. The van der Waals surface area contributed by atoms with Crippen molar-refractivity contribution in [2.45, 2.75) is 13.3 Å². The highest BCUT2D eigenvalue weighted by molar-refractivity contribution is 8.04. The standard InChI is InChI=1S/C3H9N.C2H7NO4S2/c1-2-3-4;1-8(4,5)3-9(2,6)7/h2-4H2,1H3;3H,1-2H3. The first-order valence-corrected chi connectivity index (χ1v) is 7.29. The zero-order chi connectivity index (χ0) is 11.1. The maximum absolute atomic E-state index is 10.2. The van der Waals surface area contributed by atoms with Gasteiger partial charge in [-0.2, -0.15) is 0 Å². The predicted molar refractivity (Wildman–Crippen MR) is 52.2 cm³/mol. The van der Waals surface area contributed by atoms with Gasteiger partial charge < -0.3 is 5.73 Å². The van der Waals surface area contributed by atoms with E-state index < -0.39 is 20.0 Å². The number of nitrogens with one attached hydrogen (secondary N) is 1. The van der Waals surface area contributed by atoms with Crippen molar-refractivity contribution in [2.75, 3.05) is 19.1 Å². The van der Waals surface area contributed by atoms with Gasteiger partial charge in [0.2, 0.25) is 20.0 Å². The summed E-state index contributed by atoms with van der Waals surface area (Å²) in [6.07, 6.45) is 2.64. The summed E-state index contributed by atoms with van der Waals surface area (Å²) in [5.41, 5.74) is 5.03. The lowest BCUT2D eigenvalue weighted by molar-refractivity contribution is 0.584. The first-order valence-electron chi connectivity index (χ1n) is 3.51. The Hall–Kier alpha value is -0.180. The molecule has 0 unspecified atom stereocenters. The molecular formula is C5H16N2O4S2. The molecule has 0 bridgehead atoms. The number of hydrogen-bond acceptors (Lipinski definition) is 5. The molecule has 0 saturated carbocycles. The van der Waals surface area contributed by atoms with Gasteiger partial charge in [-0.1, -0.05) is 6.92 Å². The third kappa shape index (κ3) is 24.5. The Morgan fingerprint density at radius 1 is 1.08 bits per heavy atom. The van der Waals surface area contributed by atoms with Crippen molar-refractivity contribution in [1.82, 2.24) is 4.13 Å². The van der Waals surface area contributed by atoms with Crippen LogP contribution in [0.3, 0.4) is 0 Å². The molecule has 6 nitrogen and oxygen atoms in total. The lowest BCUT2D eigenvalue weighted by Crippen LogP contribution is -2.27. The molecule has 0 atom stereocenters. The minimum atomic E-state index is -3.62. The van der Waals surface area contributed by atoms with Gasteiger partial charge in [-0.15, -0.1) is 4.13 Å². The molecular weight excluding hydrogens is 216 g/mol. The molecule has 0 aromatic rings. The van der Waals surface area contributed by atoms with E-state index in [0.717, 1.165) is 25.5 Å². The van der Waals surface area contributed by atoms with E-state index in [4.69, 9.17) is 5.73 Å². The molecule has 82 valence electrons. The largest absolute Gasteiger partial charge is 0.330 e. The van der Waals surface area contributed by atoms with Crippen LogP contribution in [-0.2, 0) is 20.0 Å². The molecule has 8 heteroatoms.